The molecule has 3 nitrogen and oxygen atoms in total. The van der Waals surface area contributed by atoms with E-state index in [9.17, 15) is 13.2 Å². The van der Waals surface area contributed by atoms with E-state index < -0.39 is 12.6 Å². The Bertz CT molecular complexity index is 453. The molecule has 0 unspecified atom stereocenters. The van der Waals surface area contributed by atoms with E-state index >= 15 is 0 Å². The van der Waals surface area contributed by atoms with Crippen LogP contribution < -0.4 is 10.1 Å². The Labute approximate surface area is 123 Å². The SMILES string of the molecule is Cc1cc(CNC(C)(C)C)cc(OCCCC(F)(F)F)n1. The van der Waals surface area contributed by atoms with Crippen molar-refractivity contribution < 1.29 is 17.9 Å². The van der Waals surface area contributed by atoms with E-state index in [1.807, 2.05) is 13.0 Å². The zero-order valence-corrected chi connectivity index (χ0v) is 13.0. The maximum Gasteiger partial charge on any atom is 0.389 e. The minimum atomic E-state index is -4.13. The predicted octanol–water partition coefficient (Wildman–Crippen LogP) is 4.00. The van der Waals surface area contributed by atoms with Gasteiger partial charge in [-0.1, -0.05) is 0 Å². The Hall–Kier alpha value is -1.30. The summed E-state index contributed by atoms with van der Waals surface area (Å²) in [6, 6.07) is 3.70. The molecule has 1 N–H and O–H groups in total. The molecular weight excluding hydrogens is 281 g/mol. The van der Waals surface area contributed by atoms with Crippen molar-refractivity contribution in [3.05, 3.63) is 23.4 Å². The first-order valence-corrected chi connectivity index (χ1v) is 6.97. The average Bonchev–Trinajstić information content (AvgIpc) is 2.30. The molecule has 0 aliphatic rings. The highest BCUT2D eigenvalue weighted by Crippen LogP contribution is 2.21. The fourth-order valence-electron chi connectivity index (χ4n) is 1.70. The summed E-state index contributed by atoms with van der Waals surface area (Å²) in [7, 11) is 0. The second kappa shape index (κ2) is 7.11. The van der Waals surface area contributed by atoms with Crippen molar-refractivity contribution in [1.29, 1.82) is 0 Å². The van der Waals surface area contributed by atoms with Crippen LogP contribution in [0.25, 0.3) is 0 Å². The van der Waals surface area contributed by atoms with Crippen molar-refractivity contribution in [1.82, 2.24) is 10.3 Å². The Morgan fingerprint density at radius 2 is 1.86 bits per heavy atom. The summed E-state index contributed by atoms with van der Waals surface area (Å²) >= 11 is 0. The molecule has 1 rings (SSSR count). The van der Waals surface area contributed by atoms with Crippen molar-refractivity contribution in [2.24, 2.45) is 0 Å². The summed E-state index contributed by atoms with van der Waals surface area (Å²) < 4.78 is 41.4. The first-order valence-electron chi connectivity index (χ1n) is 6.97. The topological polar surface area (TPSA) is 34.1 Å². The highest BCUT2D eigenvalue weighted by Gasteiger charge is 2.26. The Morgan fingerprint density at radius 3 is 2.43 bits per heavy atom. The van der Waals surface area contributed by atoms with Crippen molar-refractivity contribution in [2.45, 2.75) is 58.8 Å². The number of pyridine rings is 1. The number of rotatable bonds is 6. The van der Waals surface area contributed by atoms with Gasteiger partial charge in [0.1, 0.15) is 0 Å². The lowest BCUT2D eigenvalue weighted by atomic mass is 10.1. The zero-order valence-electron chi connectivity index (χ0n) is 13.0. The van der Waals surface area contributed by atoms with E-state index in [0.29, 0.717) is 12.4 Å². The van der Waals surface area contributed by atoms with Gasteiger partial charge in [-0.2, -0.15) is 13.2 Å². The predicted molar refractivity (Wildman–Crippen MR) is 76.4 cm³/mol. The van der Waals surface area contributed by atoms with Gasteiger partial charge in [-0.05, 0) is 45.7 Å². The summed E-state index contributed by atoms with van der Waals surface area (Å²) in [5.74, 6) is 0.378. The number of hydrogen-bond donors (Lipinski definition) is 1. The number of aryl methyl sites for hydroxylation is 1. The van der Waals surface area contributed by atoms with E-state index in [2.05, 4.69) is 31.1 Å². The number of nitrogens with zero attached hydrogens (tertiary/aromatic N) is 1. The van der Waals surface area contributed by atoms with Crippen LogP contribution in [0.2, 0.25) is 0 Å². The Kier molecular flexibility index (Phi) is 6.01. The third-order valence-electron chi connectivity index (χ3n) is 2.67. The summed E-state index contributed by atoms with van der Waals surface area (Å²) in [6.07, 6.45) is -5.03. The normalized spacial score (nSPS) is 12.5. The molecular formula is C15H23F3N2O. The second-order valence-electron chi connectivity index (χ2n) is 6.13. The van der Waals surface area contributed by atoms with Gasteiger partial charge in [0.05, 0.1) is 6.61 Å². The smallest absolute Gasteiger partial charge is 0.389 e. The molecule has 1 heterocycles. The lowest BCUT2D eigenvalue weighted by Gasteiger charge is -2.20. The van der Waals surface area contributed by atoms with Crippen LogP contribution in [0.3, 0.4) is 0 Å². The van der Waals surface area contributed by atoms with Gasteiger partial charge in [0.25, 0.3) is 0 Å². The molecule has 0 aromatic carbocycles. The number of aromatic nitrogens is 1. The molecule has 21 heavy (non-hydrogen) atoms. The first-order chi connectivity index (χ1) is 9.55. The van der Waals surface area contributed by atoms with Crippen LogP contribution in [0.15, 0.2) is 12.1 Å². The third-order valence-corrected chi connectivity index (χ3v) is 2.67. The minimum absolute atomic E-state index is 0.00902. The minimum Gasteiger partial charge on any atom is -0.478 e. The Morgan fingerprint density at radius 1 is 1.19 bits per heavy atom. The quantitative estimate of drug-likeness (QED) is 0.807. The van der Waals surface area contributed by atoms with E-state index in [1.165, 1.54) is 0 Å². The number of nitrogens with one attached hydrogen (secondary N) is 1. The molecule has 0 saturated carbocycles. The van der Waals surface area contributed by atoms with Gasteiger partial charge >= 0.3 is 6.18 Å². The molecule has 6 heteroatoms. The van der Waals surface area contributed by atoms with Crippen LogP contribution in [0.4, 0.5) is 13.2 Å². The Balaban J connectivity index is 2.53. The van der Waals surface area contributed by atoms with Crippen LogP contribution in [0, 0.1) is 6.92 Å². The lowest BCUT2D eigenvalue weighted by molar-refractivity contribution is -0.136. The molecule has 0 spiro atoms. The van der Waals surface area contributed by atoms with E-state index in [1.54, 1.807) is 6.07 Å². The van der Waals surface area contributed by atoms with Gasteiger partial charge in [-0.25, -0.2) is 4.98 Å². The molecule has 0 aliphatic carbocycles. The van der Waals surface area contributed by atoms with E-state index in [4.69, 9.17) is 4.74 Å². The fourth-order valence-corrected chi connectivity index (χ4v) is 1.70. The van der Waals surface area contributed by atoms with Gasteiger partial charge in [-0.3, -0.25) is 0 Å². The summed E-state index contributed by atoms with van der Waals surface area (Å²) in [5, 5.41) is 3.35. The zero-order chi connectivity index (χ0) is 16.1. The number of alkyl halides is 3. The largest absolute Gasteiger partial charge is 0.478 e. The van der Waals surface area contributed by atoms with E-state index in [0.717, 1.165) is 11.3 Å². The van der Waals surface area contributed by atoms with Crippen LogP contribution in [0.5, 0.6) is 5.88 Å². The molecule has 1 aromatic heterocycles. The van der Waals surface area contributed by atoms with E-state index in [-0.39, 0.29) is 18.6 Å². The monoisotopic (exact) mass is 304 g/mol. The van der Waals surface area contributed by atoms with Gasteiger partial charge in [0.2, 0.25) is 5.88 Å². The second-order valence-corrected chi connectivity index (χ2v) is 6.13. The highest BCUT2D eigenvalue weighted by atomic mass is 19.4. The number of halogens is 3. The number of ether oxygens (including phenoxy) is 1. The number of hydrogen-bond acceptors (Lipinski definition) is 3. The van der Waals surface area contributed by atoms with Crippen LogP contribution in [-0.4, -0.2) is 23.3 Å². The van der Waals surface area contributed by atoms with Crippen LogP contribution in [0.1, 0.15) is 44.9 Å². The molecule has 0 aliphatic heterocycles. The lowest BCUT2D eigenvalue weighted by Crippen LogP contribution is -2.35. The molecule has 0 radical (unpaired) electrons. The summed E-state index contributed by atoms with van der Waals surface area (Å²) in [6.45, 7) is 8.71. The van der Waals surface area contributed by atoms with Gasteiger partial charge in [0, 0.05) is 30.3 Å². The standard InChI is InChI=1S/C15H23F3N2O/c1-11-8-12(10-19-14(2,3)4)9-13(20-11)21-7-5-6-15(16,17)18/h8-9,19H,5-7,10H2,1-4H3. The summed E-state index contributed by atoms with van der Waals surface area (Å²) in [5.41, 5.74) is 1.78. The van der Waals surface area contributed by atoms with Gasteiger partial charge in [-0.15, -0.1) is 0 Å². The molecule has 0 atom stereocenters. The fraction of sp³-hybridized carbons (Fsp3) is 0.667. The molecule has 0 saturated heterocycles. The molecule has 0 bridgehead atoms. The maximum absolute atomic E-state index is 12.0. The van der Waals surface area contributed by atoms with Crippen LogP contribution in [-0.2, 0) is 6.54 Å². The van der Waals surface area contributed by atoms with Crippen LogP contribution >= 0.6 is 0 Å². The van der Waals surface area contributed by atoms with Crippen molar-refractivity contribution >= 4 is 0 Å². The van der Waals surface area contributed by atoms with Gasteiger partial charge in [0.15, 0.2) is 0 Å². The average molecular weight is 304 g/mol. The first kappa shape index (κ1) is 17.8. The van der Waals surface area contributed by atoms with Crippen molar-refractivity contribution in [3.63, 3.8) is 0 Å². The molecule has 0 fully saturated rings. The van der Waals surface area contributed by atoms with Crippen molar-refractivity contribution in [2.75, 3.05) is 6.61 Å². The molecule has 120 valence electrons. The van der Waals surface area contributed by atoms with Crippen molar-refractivity contribution in [3.8, 4) is 5.88 Å². The molecule has 1 aromatic rings. The highest BCUT2D eigenvalue weighted by molar-refractivity contribution is 5.24. The third kappa shape index (κ3) is 8.55. The van der Waals surface area contributed by atoms with Gasteiger partial charge < -0.3 is 10.1 Å². The maximum atomic E-state index is 12.0. The summed E-state index contributed by atoms with van der Waals surface area (Å²) in [4.78, 5) is 4.18. The molecule has 0 amide bonds.